The summed E-state index contributed by atoms with van der Waals surface area (Å²) < 4.78 is 5.30. The van der Waals surface area contributed by atoms with Crippen LogP contribution in [0.15, 0.2) is 67.3 Å². The van der Waals surface area contributed by atoms with Gasteiger partial charge in [-0.1, -0.05) is 48.5 Å². The highest BCUT2D eigenvalue weighted by atomic mass is 16.5. The van der Waals surface area contributed by atoms with Crippen LogP contribution in [-0.2, 0) is 13.1 Å². The molecule has 0 aromatic heterocycles. The van der Waals surface area contributed by atoms with Crippen LogP contribution in [0.3, 0.4) is 0 Å². The fourth-order valence-electron chi connectivity index (χ4n) is 4.89. The molecule has 2 aromatic carbocycles. The van der Waals surface area contributed by atoms with Crippen molar-refractivity contribution in [2.24, 2.45) is 0 Å². The fourth-order valence-corrected chi connectivity index (χ4v) is 4.89. The highest BCUT2D eigenvalue weighted by Gasteiger charge is 2.45. The number of hydrogen-bond acceptors (Lipinski definition) is 3. The number of piperazine rings is 1. The van der Waals surface area contributed by atoms with E-state index in [0.717, 1.165) is 31.8 Å². The van der Waals surface area contributed by atoms with Gasteiger partial charge in [0.15, 0.2) is 0 Å². The summed E-state index contributed by atoms with van der Waals surface area (Å²) in [5, 5.41) is 0. The van der Waals surface area contributed by atoms with Gasteiger partial charge >= 0.3 is 0 Å². The molecule has 0 spiro atoms. The van der Waals surface area contributed by atoms with Crippen molar-refractivity contribution < 1.29 is 4.74 Å². The van der Waals surface area contributed by atoms with Gasteiger partial charge in [-0.2, -0.15) is 0 Å². The summed E-state index contributed by atoms with van der Waals surface area (Å²) in [7, 11) is 1.72. The summed E-state index contributed by atoms with van der Waals surface area (Å²) >= 11 is 0. The van der Waals surface area contributed by atoms with Gasteiger partial charge in [0, 0.05) is 37.8 Å². The van der Waals surface area contributed by atoms with E-state index in [1.54, 1.807) is 7.11 Å². The van der Waals surface area contributed by atoms with E-state index in [-0.39, 0.29) is 0 Å². The maximum atomic E-state index is 5.30. The maximum Gasteiger partial charge on any atom is 0.118 e. The number of benzene rings is 2. The molecule has 2 fully saturated rings. The number of hydrogen-bond donors (Lipinski definition) is 0. The van der Waals surface area contributed by atoms with Crippen LogP contribution in [0.25, 0.3) is 0 Å². The largest absolute Gasteiger partial charge is 0.497 e. The molecule has 3 nitrogen and oxygen atoms in total. The average molecular weight is 363 g/mol. The average Bonchev–Trinajstić information content (AvgIpc) is 2.99. The summed E-state index contributed by atoms with van der Waals surface area (Å²) in [6.07, 6.45) is 5.77. The molecule has 2 heterocycles. The summed E-state index contributed by atoms with van der Waals surface area (Å²) in [5.41, 5.74) is 2.79. The van der Waals surface area contributed by atoms with Gasteiger partial charge in [-0.25, -0.2) is 0 Å². The molecule has 0 aliphatic carbocycles. The Bertz CT molecular complexity index is 743. The molecule has 2 aliphatic heterocycles. The van der Waals surface area contributed by atoms with Crippen LogP contribution in [0.2, 0.25) is 0 Å². The lowest BCUT2D eigenvalue weighted by molar-refractivity contribution is 0.00694. The molecule has 2 aromatic rings. The Labute approximate surface area is 163 Å². The third kappa shape index (κ3) is 3.95. The van der Waals surface area contributed by atoms with Crippen molar-refractivity contribution in [3.63, 3.8) is 0 Å². The third-order valence-corrected chi connectivity index (χ3v) is 6.21. The number of likely N-dealkylation sites (tertiary alicyclic amines) is 1. The van der Waals surface area contributed by atoms with Crippen LogP contribution in [0.4, 0.5) is 0 Å². The molecule has 2 aliphatic rings. The lowest BCUT2D eigenvalue weighted by atomic mass is 9.97. The predicted octanol–water partition coefficient (Wildman–Crippen LogP) is 4.49. The molecule has 0 saturated carbocycles. The van der Waals surface area contributed by atoms with Crippen molar-refractivity contribution >= 4 is 0 Å². The zero-order valence-electron chi connectivity index (χ0n) is 16.3. The van der Waals surface area contributed by atoms with E-state index in [1.165, 1.54) is 24.0 Å². The minimum absolute atomic E-state index is 0.548. The van der Waals surface area contributed by atoms with Crippen molar-refractivity contribution in [1.29, 1.82) is 0 Å². The molecule has 2 bridgehead atoms. The first-order valence-electron chi connectivity index (χ1n) is 10.1. The number of nitrogens with zero attached hydrogens (tertiary/aromatic N) is 2. The molecule has 3 heteroatoms. The second kappa shape index (κ2) is 8.28. The Morgan fingerprint density at radius 2 is 1.74 bits per heavy atom. The minimum Gasteiger partial charge on any atom is -0.497 e. The van der Waals surface area contributed by atoms with E-state index in [4.69, 9.17) is 4.74 Å². The van der Waals surface area contributed by atoms with Gasteiger partial charge in [-0.15, -0.1) is 6.58 Å². The van der Waals surface area contributed by atoms with Gasteiger partial charge in [-0.3, -0.25) is 9.80 Å². The van der Waals surface area contributed by atoms with E-state index >= 15 is 0 Å². The standard InChI is InChI=1S/C24H30N2O/c1-3-7-23-24-15-12-21(26(24)17-19-8-5-4-6-9-19)18-25(23)16-20-10-13-22(27-2)14-11-20/h3-6,8-11,13-14,21,23-24H,1,7,12,15-18H2,2H3/t21-,23-,24+/m1/s1. The Morgan fingerprint density at radius 3 is 2.44 bits per heavy atom. The van der Waals surface area contributed by atoms with Crippen LogP contribution >= 0.6 is 0 Å². The first-order chi connectivity index (χ1) is 13.3. The molecule has 4 rings (SSSR count). The van der Waals surface area contributed by atoms with Crippen molar-refractivity contribution in [1.82, 2.24) is 9.80 Å². The first kappa shape index (κ1) is 18.3. The summed E-state index contributed by atoms with van der Waals surface area (Å²) in [6.45, 7) is 7.27. The quantitative estimate of drug-likeness (QED) is 0.675. The smallest absolute Gasteiger partial charge is 0.118 e. The van der Waals surface area contributed by atoms with E-state index in [9.17, 15) is 0 Å². The molecule has 0 radical (unpaired) electrons. The number of rotatable bonds is 7. The van der Waals surface area contributed by atoms with E-state index in [0.29, 0.717) is 18.1 Å². The van der Waals surface area contributed by atoms with Crippen LogP contribution in [-0.4, -0.2) is 41.6 Å². The molecule has 0 N–H and O–H groups in total. The second-order valence-electron chi connectivity index (χ2n) is 7.83. The number of fused-ring (bicyclic) bond motifs is 2. The SMILES string of the molecule is C=CC[C@@H]1[C@@H]2CC[C@H](CN1Cc1ccc(OC)cc1)N2Cc1ccccc1. The van der Waals surface area contributed by atoms with Crippen molar-refractivity contribution in [3.8, 4) is 5.75 Å². The molecule has 0 unspecified atom stereocenters. The predicted molar refractivity (Wildman–Crippen MR) is 111 cm³/mol. The van der Waals surface area contributed by atoms with Gasteiger partial charge in [0.1, 0.15) is 5.75 Å². The topological polar surface area (TPSA) is 15.7 Å². The molecule has 2 saturated heterocycles. The molecular weight excluding hydrogens is 332 g/mol. The molecule has 142 valence electrons. The van der Waals surface area contributed by atoms with Crippen molar-refractivity contribution in [3.05, 3.63) is 78.4 Å². The zero-order valence-corrected chi connectivity index (χ0v) is 16.3. The Balaban J connectivity index is 1.50. The van der Waals surface area contributed by atoms with Gasteiger partial charge in [0.25, 0.3) is 0 Å². The zero-order chi connectivity index (χ0) is 18.6. The summed E-state index contributed by atoms with van der Waals surface area (Å²) in [5.74, 6) is 0.925. The molecule has 0 amide bonds. The summed E-state index contributed by atoms with van der Waals surface area (Å²) in [4.78, 5) is 5.45. The molecular formula is C24H30N2O. The first-order valence-corrected chi connectivity index (χ1v) is 10.1. The lowest BCUT2D eigenvalue weighted by Crippen LogP contribution is -2.58. The van der Waals surface area contributed by atoms with E-state index in [2.05, 4.69) is 77.1 Å². The second-order valence-corrected chi connectivity index (χ2v) is 7.83. The number of ether oxygens (including phenoxy) is 1. The Hall–Kier alpha value is -2.10. The van der Waals surface area contributed by atoms with Crippen LogP contribution in [0.1, 0.15) is 30.4 Å². The highest BCUT2D eigenvalue weighted by molar-refractivity contribution is 5.27. The monoisotopic (exact) mass is 362 g/mol. The van der Waals surface area contributed by atoms with Gasteiger partial charge in [-0.05, 0) is 42.5 Å². The Morgan fingerprint density at radius 1 is 1.00 bits per heavy atom. The fraction of sp³-hybridized carbons (Fsp3) is 0.417. The molecule has 27 heavy (non-hydrogen) atoms. The normalized spacial score (nSPS) is 25.4. The van der Waals surface area contributed by atoms with Gasteiger partial charge < -0.3 is 4.74 Å². The Kier molecular flexibility index (Phi) is 5.61. The van der Waals surface area contributed by atoms with Crippen LogP contribution < -0.4 is 4.74 Å². The van der Waals surface area contributed by atoms with Crippen LogP contribution in [0, 0.1) is 0 Å². The maximum absolute atomic E-state index is 5.30. The minimum atomic E-state index is 0.548. The summed E-state index contributed by atoms with van der Waals surface area (Å²) in [6, 6.07) is 21.3. The van der Waals surface area contributed by atoms with E-state index < -0.39 is 0 Å². The van der Waals surface area contributed by atoms with Gasteiger partial charge in [0.2, 0.25) is 0 Å². The van der Waals surface area contributed by atoms with E-state index in [1.807, 2.05) is 0 Å². The van der Waals surface area contributed by atoms with Crippen molar-refractivity contribution in [2.45, 2.75) is 50.5 Å². The number of methoxy groups -OCH3 is 1. The van der Waals surface area contributed by atoms with Crippen molar-refractivity contribution in [2.75, 3.05) is 13.7 Å². The highest BCUT2D eigenvalue weighted by Crippen LogP contribution is 2.37. The third-order valence-electron chi connectivity index (χ3n) is 6.21. The molecule has 3 atom stereocenters. The van der Waals surface area contributed by atoms with Crippen LogP contribution in [0.5, 0.6) is 5.75 Å². The van der Waals surface area contributed by atoms with Gasteiger partial charge in [0.05, 0.1) is 7.11 Å². The lowest BCUT2D eigenvalue weighted by Gasteiger charge is -2.47.